The van der Waals surface area contributed by atoms with Crippen LogP contribution in [0.2, 0.25) is 5.02 Å². The van der Waals surface area contributed by atoms with E-state index in [-0.39, 0.29) is 24.1 Å². The Hall–Kier alpha value is -1.92. The van der Waals surface area contributed by atoms with Crippen molar-refractivity contribution in [2.45, 2.75) is 38.2 Å². The minimum Gasteiger partial charge on any atom is -0.711 e. The van der Waals surface area contributed by atoms with Gasteiger partial charge in [-0.05, 0) is 44.2 Å². The normalized spacial score (nSPS) is 19.3. The van der Waals surface area contributed by atoms with Gasteiger partial charge >= 0.3 is 0 Å². The van der Waals surface area contributed by atoms with Crippen LogP contribution in [-0.2, 0) is 10.2 Å². The predicted molar refractivity (Wildman–Crippen MR) is 92.6 cm³/mol. The Bertz CT molecular complexity index is 804. The highest BCUT2D eigenvalue weighted by Gasteiger charge is 2.59. The van der Waals surface area contributed by atoms with Crippen LogP contribution >= 0.6 is 11.6 Å². The van der Waals surface area contributed by atoms with E-state index in [0.717, 1.165) is 6.92 Å². The zero-order chi connectivity index (χ0) is 18.4. The summed E-state index contributed by atoms with van der Waals surface area (Å²) in [6.45, 7) is 4.13. The summed E-state index contributed by atoms with van der Waals surface area (Å²) < 4.78 is 36.3. The van der Waals surface area contributed by atoms with Gasteiger partial charge < -0.3 is 9.94 Å². The van der Waals surface area contributed by atoms with E-state index in [1.54, 1.807) is 26.0 Å². The van der Waals surface area contributed by atoms with E-state index < -0.39 is 11.3 Å². The third-order valence-corrected chi connectivity index (χ3v) is 4.73. The third kappa shape index (κ3) is 2.83. The SMILES string of the molecule is CC(C)OCC1(C(C)(F)F)c2cc(Cl)ccc2Nc2c1ccc[n+]2[O-]. The van der Waals surface area contributed by atoms with E-state index in [9.17, 15) is 5.21 Å². The van der Waals surface area contributed by atoms with Gasteiger partial charge in [0.15, 0.2) is 0 Å². The van der Waals surface area contributed by atoms with Crippen LogP contribution in [0.25, 0.3) is 0 Å². The number of aromatic nitrogens is 1. The highest BCUT2D eigenvalue weighted by Crippen LogP contribution is 2.53. The molecule has 2 aromatic rings. The van der Waals surface area contributed by atoms with E-state index in [2.05, 4.69) is 5.32 Å². The summed E-state index contributed by atoms with van der Waals surface area (Å²) in [5.41, 5.74) is -0.910. The minimum atomic E-state index is -3.20. The number of alkyl halides is 2. The largest absolute Gasteiger partial charge is 0.711 e. The van der Waals surface area contributed by atoms with Crippen molar-refractivity contribution in [3.05, 3.63) is 57.9 Å². The maximum absolute atomic E-state index is 15.1. The second-order valence-electron chi connectivity index (χ2n) is 6.56. The van der Waals surface area contributed by atoms with E-state index in [1.807, 2.05) is 0 Å². The topological polar surface area (TPSA) is 48.2 Å². The summed E-state index contributed by atoms with van der Waals surface area (Å²) in [5, 5.41) is 15.5. The van der Waals surface area contributed by atoms with Crippen LogP contribution in [0.1, 0.15) is 31.9 Å². The average molecular weight is 369 g/mol. The van der Waals surface area contributed by atoms with Crippen LogP contribution < -0.4 is 10.0 Å². The lowest BCUT2D eigenvalue weighted by Crippen LogP contribution is -2.52. The molecule has 1 N–H and O–H groups in total. The molecule has 134 valence electrons. The molecule has 0 radical (unpaired) electrons. The molecule has 4 nitrogen and oxygen atoms in total. The molecular weight excluding hydrogens is 350 g/mol. The number of anilines is 2. The smallest absolute Gasteiger partial charge is 0.287 e. The lowest BCUT2D eigenvalue weighted by Gasteiger charge is -2.42. The number of hydrogen-bond donors (Lipinski definition) is 1. The highest BCUT2D eigenvalue weighted by atomic mass is 35.5. The van der Waals surface area contributed by atoms with Crippen LogP contribution in [0.15, 0.2) is 36.5 Å². The van der Waals surface area contributed by atoms with E-state index >= 15 is 8.78 Å². The van der Waals surface area contributed by atoms with E-state index in [4.69, 9.17) is 16.3 Å². The Morgan fingerprint density at radius 1 is 1.32 bits per heavy atom. The molecule has 1 aromatic carbocycles. The maximum atomic E-state index is 15.1. The quantitative estimate of drug-likeness (QED) is 0.643. The standard InChI is InChI=1S/C18H19ClF2N2O2/c1-11(2)25-10-18(17(3,20)21)13-5-4-8-23(24)16(13)22-15-7-6-12(19)9-14(15)18/h4-9,11,22H,10H2,1-3H3. The fourth-order valence-corrected chi connectivity index (χ4v) is 3.43. The van der Waals surface area contributed by atoms with Crippen molar-refractivity contribution in [1.82, 2.24) is 0 Å². The van der Waals surface area contributed by atoms with Gasteiger partial charge in [-0.25, -0.2) is 18.8 Å². The predicted octanol–water partition coefficient (Wildman–Crippen LogP) is 4.40. The van der Waals surface area contributed by atoms with Gasteiger partial charge in [0.1, 0.15) is 11.1 Å². The van der Waals surface area contributed by atoms with E-state index in [0.29, 0.717) is 21.0 Å². The Kier molecular flexibility index (Phi) is 4.37. The van der Waals surface area contributed by atoms with Crippen LogP contribution in [0, 0.1) is 5.21 Å². The molecular formula is C18H19ClF2N2O2. The summed E-state index contributed by atoms with van der Waals surface area (Å²) >= 11 is 6.09. The first kappa shape index (κ1) is 17.9. The first-order chi connectivity index (χ1) is 11.7. The lowest BCUT2D eigenvalue weighted by atomic mass is 9.68. The zero-order valence-electron chi connectivity index (χ0n) is 14.1. The fraction of sp³-hybridized carbons (Fsp3) is 0.389. The van der Waals surface area contributed by atoms with Crippen molar-refractivity contribution >= 4 is 23.1 Å². The number of nitrogens with one attached hydrogen (secondary N) is 1. The zero-order valence-corrected chi connectivity index (χ0v) is 14.9. The van der Waals surface area contributed by atoms with Gasteiger partial charge in [-0.15, -0.1) is 0 Å². The number of nitrogens with zero attached hydrogens (tertiary/aromatic N) is 1. The van der Waals surface area contributed by atoms with Crippen LogP contribution in [0.3, 0.4) is 0 Å². The molecule has 1 aliphatic rings. The molecule has 1 unspecified atom stereocenters. The molecule has 7 heteroatoms. The molecule has 0 saturated carbocycles. The average Bonchev–Trinajstić information content (AvgIpc) is 2.51. The number of ether oxygens (including phenoxy) is 1. The third-order valence-electron chi connectivity index (χ3n) is 4.50. The molecule has 0 bridgehead atoms. The number of pyridine rings is 1. The number of benzene rings is 1. The molecule has 25 heavy (non-hydrogen) atoms. The molecule has 1 aliphatic heterocycles. The summed E-state index contributed by atoms with van der Waals surface area (Å²) in [6.07, 6.45) is 1.03. The molecule has 2 heterocycles. The lowest BCUT2D eigenvalue weighted by molar-refractivity contribution is -0.590. The van der Waals surface area contributed by atoms with Gasteiger partial charge in [-0.2, -0.15) is 0 Å². The summed E-state index contributed by atoms with van der Waals surface area (Å²) in [6, 6.07) is 7.69. The number of rotatable bonds is 4. The fourth-order valence-electron chi connectivity index (χ4n) is 3.25. The number of halogens is 3. The molecule has 1 atom stereocenters. The van der Waals surface area contributed by atoms with Crippen molar-refractivity contribution in [1.29, 1.82) is 0 Å². The number of fused-ring (bicyclic) bond motifs is 2. The van der Waals surface area contributed by atoms with Crippen LogP contribution in [0.5, 0.6) is 0 Å². The van der Waals surface area contributed by atoms with Gasteiger partial charge in [0, 0.05) is 17.5 Å². The molecule has 0 aliphatic carbocycles. The van der Waals surface area contributed by atoms with Crippen molar-refractivity contribution in [3.8, 4) is 0 Å². The maximum Gasteiger partial charge on any atom is 0.287 e. The second kappa shape index (κ2) is 6.11. The monoisotopic (exact) mass is 368 g/mol. The van der Waals surface area contributed by atoms with Crippen molar-refractivity contribution < 1.29 is 18.2 Å². The Morgan fingerprint density at radius 2 is 2.04 bits per heavy atom. The van der Waals surface area contributed by atoms with Gasteiger partial charge in [-0.3, -0.25) is 0 Å². The van der Waals surface area contributed by atoms with E-state index in [1.165, 1.54) is 24.4 Å². The number of hydrogen-bond acceptors (Lipinski definition) is 3. The van der Waals surface area contributed by atoms with Crippen LogP contribution in [-0.4, -0.2) is 18.6 Å². The summed E-state index contributed by atoms with van der Waals surface area (Å²) in [7, 11) is 0. The van der Waals surface area contributed by atoms with Gasteiger partial charge in [0.25, 0.3) is 11.7 Å². The molecule has 0 amide bonds. The first-order valence-corrected chi connectivity index (χ1v) is 8.34. The molecule has 0 saturated heterocycles. The van der Waals surface area contributed by atoms with Crippen molar-refractivity contribution in [3.63, 3.8) is 0 Å². The molecule has 0 spiro atoms. The highest BCUT2D eigenvalue weighted by molar-refractivity contribution is 6.30. The van der Waals surface area contributed by atoms with Crippen LogP contribution in [0.4, 0.5) is 20.3 Å². The first-order valence-electron chi connectivity index (χ1n) is 7.96. The Labute approximate surface area is 150 Å². The Morgan fingerprint density at radius 3 is 2.68 bits per heavy atom. The van der Waals surface area contributed by atoms with Gasteiger partial charge in [0.05, 0.1) is 24.5 Å². The minimum absolute atomic E-state index is 0.0752. The summed E-state index contributed by atoms with van der Waals surface area (Å²) in [4.78, 5) is 0. The summed E-state index contributed by atoms with van der Waals surface area (Å²) in [5.74, 6) is -3.13. The van der Waals surface area contributed by atoms with Gasteiger partial charge in [-0.1, -0.05) is 11.6 Å². The molecule has 3 rings (SSSR count). The van der Waals surface area contributed by atoms with Crippen molar-refractivity contribution in [2.24, 2.45) is 0 Å². The molecule has 0 fully saturated rings. The second-order valence-corrected chi connectivity index (χ2v) is 7.00. The Balaban J connectivity index is 2.35. The van der Waals surface area contributed by atoms with Gasteiger partial charge in [0.2, 0.25) is 0 Å². The molecule has 1 aromatic heterocycles. The van der Waals surface area contributed by atoms with Crippen molar-refractivity contribution in [2.75, 3.05) is 11.9 Å².